The van der Waals surface area contributed by atoms with Crippen molar-refractivity contribution in [3.63, 3.8) is 0 Å². The molecule has 0 aliphatic carbocycles. The van der Waals surface area contributed by atoms with Crippen LogP contribution in [0.3, 0.4) is 0 Å². The van der Waals surface area contributed by atoms with Gasteiger partial charge in [-0.1, -0.05) is 18.2 Å². The maximum absolute atomic E-state index is 12.7. The van der Waals surface area contributed by atoms with Crippen LogP contribution in [0, 0.1) is 3.57 Å². The Morgan fingerprint density at radius 3 is 2.22 bits per heavy atom. The number of amides is 1. The van der Waals surface area contributed by atoms with Crippen molar-refractivity contribution in [2.24, 2.45) is 5.10 Å². The molecular formula is C26H27IN2O7S. The van der Waals surface area contributed by atoms with Crippen LogP contribution >= 0.6 is 22.6 Å². The van der Waals surface area contributed by atoms with Crippen LogP contribution in [-0.2, 0) is 10.1 Å². The van der Waals surface area contributed by atoms with Gasteiger partial charge in [-0.15, -0.1) is 0 Å². The fourth-order valence-electron chi connectivity index (χ4n) is 3.17. The Balaban J connectivity index is 1.79. The second-order valence-corrected chi connectivity index (χ2v) is 10.0. The van der Waals surface area contributed by atoms with Gasteiger partial charge in [0.2, 0.25) is 0 Å². The van der Waals surface area contributed by atoms with Crippen LogP contribution in [0.2, 0.25) is 0 Å². The Hall–Kier alpha value is -3.32. The van der Waals surface area contributed by atoms with Crippen LogP contribution in [0.25, 0.3) is 0 Å². The summed E-state index contributed by atoms with van der Waals surface area (Å²) in [4.78, 5) is 12.6. The monoisotopic (exact) mass is 638 g/mol. The van der Waals surface area contributed by atoms with Gasteiger partial charge in [0, 0.05) is 5.56 Å². The Kier molecular flexibility index (Phi) is 10.1. The molecule has 3 aromatic rings. The minimum Gasteiger partial charge on any atom is -0.490 e. The van der Waals surface area contributed by atoms with Crippen molar-refractivity contribution >= 4 is 44.8 Å². The predicted molar refractivity (Wildman–Crippen MR) is 148 cm³/mol. The molecular weight excluding hydrogens is 611 g/mol. The average Bonchev–Trinajstić information content (AvgIpc) is 2.88. The molecule has 9 nitrogen and oxygen atoms in total. The molecule has 0 bridgehead atoms. The van der Waals surface area contributed by atoms with E-state index in [0.717, 1.165) is 0 Å². The van der Waals surface area contributed by atoms with Crippen LogP contribution in [-0.4, -0.2) is 40.4 Å². The molecule has 11 heteroatoms. The van der Waals surface area contributed by atoms with E-state index < -0.39 is 16.0 Å². The molecule has 1 N–H and O–H groups in total. The zero-order chi connectivity index (χ0) is 26.8. The van der Waals surface area contributed by atoms with Crippen molar-refractivity contribution in [3.8, 4) is 23.0 Å². The Morgan fingerprint density at radius 2 is 1.54 bits per heavy atom. The van der Waals surface area contributed by atoms with E-state index in [4.69, 9.17) is 18.4 Å². The van der Waals surface area contributed by atoms with Gasteiger partial charge in [0.05, 0.1) is 29.6 Å². The third kappa shape index (κ3) is 7.59. The van der Waals surface area contributed by atoms with Gasteiger partial charge < -0.3 is 18.4 Å². The van der Waals surface area contributed by atoms with Crippen molar-refractivity contribution < 1.29 is 31.6 Å². The molecule has 0 saturated heterocycles. The molecule has 0 heterocycles. The quantitative estimate of drug-likeness (QED) is 0.128. The maximum Gasteiger partial charge on any atom is 0.339 e. The summed E-state index contributed by atoms with van der Waals surface area (Å²) < 4.78 is 48.1. The predicted octanol–water partition coefficient (Wildman–Crippen LogP) is 5.02. The molecule has 1 amide bonds. The summed E-state index contributed by atoms with van der Waals surface area (Å²) in [6.45, 7) is 6.67. The van der Waals surface area contributed by atoms with Crippen molar-refractivity contribution in [1.29, 1.82) is 0 Å². The number of hydrogen-bond donors (Lipinski definition) is 1. The van der Waals surface area contributed by atoms with Crippen LogP contribution in [0.5, 0.6) is 23.0 Å². The normalized spacial score (nSPS) is 11.2. The Labute approximate surface area is 230 Å². The lowest BCUT2D eigenvalue weighted by Gasteiger charge is -2.14. The largest absolute Gasteiger partial charge is 0.490 e. The lowest BCUT2D eigenvalue weighted by molar-refractivity contribution is 0.0954. The number of carbonyl (C=O) groups is 1. The molecule has 196 valence electrons. The van der Waals surface area contributed by atoms with Crippen LogP contribution < -0.4 is 23.8 Å². The van der Waals surface area contributed by atoms with Crippen LogP contribution in [0.4, 0.5) is 0 Å². The van der Waals surface area contributed by atoms with E-state index in [9.17, 15) is 13.2 Å². The third-order valence-corrected chi connectivity index (χ3v) is 6.78. The van der Waals surface area contributed by atoms with E-state index in [0.29, 0.717) is 39.4 Å². The maximum atomic E-state index is 12.7. The number of rotatable bonds is 12. The van der Waals surface area contributed by atoms with Gasteiger partial charge in [0.15, 0.2) is 23.0 Å². The first kappa shape index (κ1) is 28.3. The average molecular weight is 638 g/mol. The van der Waals surface area contributed by atoms with E-state index in [2.05, 4.69) is 10.5 Å². The van der Waals surface area contributed by atoms with E-state index in [-0.39, 0.29) is 23.0 Å². The lowest BCUT2D eigenvalue weighted by Crippen LogP contribution is -2.18. The molecule has 0 saturated carbocycles. The number of nitrogens with one attached hydrogen (secondary N) is 1. The molecule has 0 atom stereocenters. The molecule has 0 fully saturated rings. The number of carbonyl (C=O) groups excluding carboxylic acids is 1. The fraction of sp³-hybridized carbons (Fsp3) is 0.231. The number of hydrogen-bond acceptors (Lipinski definition) is 8. The SMILES string of the molecule is CCOc1ccc(C(=O)N/N=C/c2cc(I)c(OS(=O)(=O)c3ccccc3)c(OCC)c2)cc1OCC. The smallest absolute Gasteiger partial charge is 0.339 e. The number of nitrogens with zero attached hydrogens (tertiary/aromatic N) is 1. The summed E-state index contributed by atoms with van der Waals surface area (Å²) in [5.74, 6) is 0.894. The van der Waals surface area contributed by atoms with Crippen molar-refractivity contribution in [2.45, 2.75) is 25.7 Å². The molecule has 3 aromatic carbocycles. The summed E-state index contributed by atoms with van der Waals surface area (Å²) >= 11 is 1.96. The molecule has 0 aromatic heterocycles. The topological polar surface area (TPSA) is 113 Å². The minimum absolute atomic E-state index is 0.0309. The van der Waals surface area contributed by atoms with Crippen molar-refractivity contribution in [3.05, 3.63) is 75.4 Å². The summed E-state index contributed by atoms with van der Waals surface area (Å²) in [5.41, 5.74) is 3.40. The Morgan fingerprint density at radius 1 is 0.892 bits per heavy atom. The van der Waals surface area contributed by atoms with E-state index in [1.54, 1.807) is 55.5 Å². The highest BCUT2D eigenvalue weighted by molar-refractivity contribution is 14.1. The first-order valence-corrected chi connectivity index (χ1v) is 14.0. The standard InChI is InChI=1S/C26H27IN2O7S/c1-4-33-22-13-12-19(16-23(22)34-5-2)26(30)29-28-17-18-14-21(27)25(24(15-18)35-6-3)36-37(31,32)20-10-8-7-9-11-20/h7-17H,4-6H2,1-3H3,(H,29,30)/b28-17+. The van der Waals surface area contributed by atoms with Gasteiger partial charge in [-0.05, 0) is 91.4 Å². The van der Waals surface area contributed by atoms with Gasteiger partial charge in [-0.3, -0.25) is 4.79 Å². The molecule has 0 aliphatic rings. The first-order valence-electron chi connectivity index (χ1n) is 11.5. The first-order chi connectivity index (χ1) is 17.8. The molecule has 0 aliphatic heterocycles. The molecule has 3 rings (SSSR count). The fourth-order valence-corrected chi connectivity index (χ4v) is 5.04. The van der Waals surface area contributed by atoms with Crippen molar-refractivity contribution in [1.82, 2.24) is 5.43 Å². The second kappa shape index (κ2) is 13.3. The van der Waals surface area contributed by atoms with Crippen LogP contribution in [0.15, 0.2) is 70.7 Å². The van der Waals surface area contributed by atoms with Crippen molar-refractivity contribution in [2.75, 3.05) is 19.8 Å². The summed E-state index contributed by atoms with van der Waals surface area (Å²) in [6.07, 6.45) is 1.43. The van der Waals surface area contributed by atoms with Crippen LogP contribution in [0.1, 0.15) is 36.7 Å². The minimum atomic E-state index is -4.06. The molecule has 0 spiro atoms. The molecule has 0 unspecified atom stereocenters. The number of benzene rings is 3. The number of halogens is 1. The highest BCUT2D eigenvalue weighted by Crippen LogP contribution is 2.36. The van der Waals surface area contributed by atoms with Gasteiger partial charge in [0.25, 0.3) is 5.91 Å². The molecule has 0 radical (unpaired) electrons. The summed E-state index contributed by atoms with van der Waals surface area (Å²) in [5, 5.41) is 4.03. The summed E-state index contributed by atoms with van der Waals surface area (Å²) in [6, 6.07) is 16.0. The summed E-state index contributed by atoms with van der Waals surface area (Å²) in [7, 11) is -4.06. The third-order valence-electron chi connectivity index (χ3n) is 4.74. The van der Waals surface area contributed by atoms with Gasteiger partial charge in [-0.2, -0.15) is 13.5 Å². The zero-order valence-corrected chi connectivity index (χ0v) is 23.5. The number of hydrazone groups is 1. The van der Waals surface area contributed by atoms with E-state index in [1.807, 2.05) is 36.4 Å². The number of ether oxygens (including phenoxy) is 3. The molecule has 37 heavy (non-hydrogen) atoms. The lowest BCUT2D eigenvalue weighted by atomic mass is 10.2. The van der Waals surface area contributed by atoms with E-state index in [1.165, 1.54) is 18.3 Å². The highest BCUT2D eigenvalue weighted by atomic mass is 127. The highest BCUT2D eigenvalue weighted by Gasteiger charge is 2.22. The van der Waals surface area contributed by atoms with E-state index >= 15 is 0 Å². The zero-order valence-electron chi connectivity index (χ0n) is 20.6. The van der Waals surface area contributed by atoms with Gasteiger partial charge >= 0.3 is 10.1 Å². The van der Waals surface area contributed by atoms with Gasteiger partial charge in [0.1, 0.15) is 4.90 Å². The second-order valence-electron chi connectivity index (χ2n) is 7.34. The van der Waals surface area contributed by atoms with Gasteiger partial charge in [-0.25, -0.2) is 5.43 Å². The Bertz CT molecular complexity index is 1360.